The molecule has 3 rings (SSSR count). The number of rotatable bonds is 1. The second kappa shape index (κ2) is 4.77. The zero-order valence-electron chi connectivity index (χ0n) is 11.4. The molecular formula is C15H26OS. The van der Waals surface area contributed by atoms with E-state index in [-0.39, 0.29) is 0 Å². The van der Waals surface area contributed by atoms with E-state index in [2.05, 4.69) is 25.6 Å². The van der Waals surface area contributed by atoms with Crippen molar-refractivity contribution >= 4 is 11.8 Å². The minimum Gasteiger partial charge on any atom is -0.381 e. The molecule has 1 heterocycles. The van der Waals surface area contributed by atoms with Crippen molar-refractivity contribution in [3.63, 3.8) is 0 Å². The van der Waals surface area contributed by atoms with Crippen molar-refractivity contribution in [2.45, 2.75) is 62.6 Å². The Labute approximate surface area is 110 Å². The maximum Gasteiger partial charge on any atom is 0.0607 e. The highest BCUT2D eigenvalue weighted by atomic mass is 32.2. The van der Waals surface area contributed by atoms with Gasteiger partial charge in [-0.3, -0.25) is 0 Å². The van der Waals surface area contributed by atoms with E-state index in [0.29, 0.717) is 6.10 Å². The summed E-state index contributed by atoms with van der Waals surface area (Å²) in [5.74, 6) is 3.79. The Morgan fingerprint density at radius 1 is 1.00 bits per heavy atom. The standard InChI is InChI=1S/C15H26OS/c1-9-4-5-11-12-6-7-13(16-3)10(2)15(12)17-14(11)8-9/h9-15H,4-8H2,1-3H3. The van der Waals surface area contributed by atoms with E-state index < -0.39 is 0 Å². The summed E-state index contributed by atoms with van der Waals surface area (Å²) in [5.41, 5.74) is 0. The van der Waals surface area contributed by atoms with E-state index in [0.717, 1.165) is 34.2 Å². The molecule has 3 fully saturated rings. The molecule has 0 N–H and O–H groups in total. The average Bonchev–Trinajstić information content (AvgIpc) is 2.68. The second-order valence-electron chi connectivity index (χ2n) is 6.60. The summed E-state index contributed by atoms with van der Waals surface area (Å²) in [6, 6.07) is 0. The molecule has 1 aliphatic heterocycles. The van der Waals surface area contributed by atoms with Crippen molar-refractivity contribution in [3.8, 4) is 0 Å². The van der Waals surface area contributed by atoms with Gasteiger partial charge >= 0.3 is 0 Å². The van der Waals surface area contributed by atoms with Crippen LogP contribution in [0.2, 0.25) is 0 Å². The molecule has 2 heteroatoms. The van der Waals surface area contributed by atoms with Crippen LogP contribution in [0.5, 0.6) is 0 Å². The van der Waals surface area contributed by atoms with Crippen molar-refractivity contribution in [3.05, 3.63) is 0 Å². The topological polar surface area (TPSA) is 9.23 Å². The third-order valence-corrected chi connectivity index (χ3v) is 7.59. The van der Waals surface area contributed by atoms with Gasteiger partial charge in [-0.15, -0.1) is 0 Å². The zero-order valence-corrected chi connectivity index (χ0v) is 12.2. The summed E-state index contributed by atoms with van der Waals surface area (Å²) in [7, 11) is 1.90. The normalized spacial score (nSPS) is 54.2. The van der Waals surface area contributed by atoms with E-state index in [1.54, 1.807) is 0 Å². The van der Waals surface area contributed by atoms with Crippen molar-refractivity contribution < 1.29 is 4.74 Å². The fraction of sp³-hybridized carbons (Fsp3) is 1.00. The van der Waals surface area contributed by atoms with Crippen LogP contribution in [-0.4, -0.2) is 23.7 Å². The van der Waals surface area contributed by atoms with Gasteiger partial charge in [0, 0.05) is 17.6 Å². The second-order valence-corrected chi connectivity index (χ2v) is 8.02. The molecule has 0 bridgehead atoms. The third kappa shape index (κ3) is 2.06. The molecule has 0 amide bonds. The summed E-state index contributed by atoms with van der Waals surface area (Å²) < 4.78 is 5.67. The maximum atomic E-state index is 5.67. The highest BCUT2D eigenvalue weighted by Crippen LogP contribution is 2.57. The summed E-state index contributed by atoms with van der Waals surface area (Å²) in [5, 5.41) is 1.88. The quantitative estimate of drug-likeness (QED) is 0.700. The van der Waals surface area contributed by atoms with Gasteiger partial charge in [0.15, 0.2) is 0 Å². The van der Waals surface area contributed by atoms with Gasteiger partial charge in [0.1, 0.15) is 0 Å². The first-order valence-corrected chi connectivity index (χ1v) is 8.33. The number of ether oxygens (including phenoxy) is 1. The summed E-state index contributed by atoms with van der Waals surface area (Å²) in [6.07, 6.45) is 7.72. The van der Waals surface area contributed by atoms with Gasteiger partial charge in [-0.05, 0) is 49.4 Å². The van der Waals surface area contributed by atoms with Crippen molar-refractivity contribution in [2.24, 2.45) is 23.7 Å². The van der Waals surface area contributed by atoms with Crippen molar-refractivity contribution in [1.29, 1.82) is 0 Å². The number of methoxy groups -OCH3 is 1. The lowest BCUT2D eigenvalue weighted by molar-refractivity contribution is 0.0108. The predicted molar refractivity (Wildman–Crippen MR) is 74.4 cm³/mol. The zero-order chi connectivity index (χ0) is 12.0. The van der Waals surface area contributed by atoms with E-state index >= 15 is 0 Å². The highest BCUT2D eigenvalue weighted by molar-refractivity contribution is 8.00. The van der Waals surface area contributed by atoms with Gasteiger partial charge in [0.25, 0.3) is 0 Å². The Kier molecular flexibility index (Phi) is 3.47. The molecule has 2 aliphatic carbocycles. The number of thioether (sulfide) groups is 1. The summed E-state index contributed by atoms with van der Waals surface area (Å²) in [4.78, 5) is 0. The van der Waals surface area contributed by atoms with Gasteiger partial charge in [0.05, 0.1) is 6.10 Å². The summed E-state index contributed by atoms with van der Waals surface area (Å²) in [6.45, 7) is 4.87. The highest BCUT2D eigenvalue weighted by Gasteiger charge is 2.50. The molecule has 7 unspecified atom stereocenters. The molecular weight excluding hydrogens is 228 g/mol. The van der Waals surface area contributed by atoms with Crippen LogP contribution in [0, 0.1) is 23.7 Å². The Hall–Kier alpha value is 0.310. The molecule has 0 aromatic heterocycles. The molecule has 0 spiro atoms. The van der Waals surface area contributed by atoms with Gasteiger partial charge in [-0.1, -0.05) is 20.3 Å². The molecule has 7 atom stereocenters. The minimum absolute atomic E-state index is 0.529. The van der Waals surface area contributed by atoms with E-state index in [9.17, 15) is 0 Å². The lowest BCUT2D eigenvalue weighted by Gasteiger charge is -2.39. The van der Waals surface area contributed by atoms with Crippen LogP contribution in [0.25, 0.3) is 0 Å². The molecule has 2 saturated carbocycles. The van der Waals surface area contributed by atoms with Gasteiger partial charge in [-0.2, -0.15) is 11.8 Å². The number of fused-ring (bicyclic) bond motifs is 3. The van der Waals surface area contributed by atoms with Crippen LogP contribution >= 0.6 is 11.8 Å². The van der Waals surface area contributed by atoms with Crippen LogP contribution < -0.4 is 0 Å². The van der Waals surface area contributed by atoms with Crippen molar-refractivity contribution in [2.75, 3.05) is 7.11 Å². The SMILES string of the molecule is COC1CCC2C3CCC(C)CC3SC2C1C. The molecule has 0 radical (unpaired) electrons. The Bertz CT molecular complexity index is 280. The van der Waals surface area contributed by atoms with E-state index in [4.69, 9.17) is 4.74 Å². The Morgan fingerprint density at radius 2 is 1.76 bits per heavy atom. The molecule has 1 nitrogen and oxygen atoms in total. The predicted octanol–water partition coefficient (Wildman–Crippen LogP) is 3.97. The van der Waals surface area contributed by atoms with Gasteiger partial charge in [-0.25, -0.2) is 0 Å². The van der Waals surface area contributed by atoms with Crippen LogP contribution in [-0.2, 0) is 4.74 Å². The first-order valence-electron chi connectivity index (χ1n) is 7.39. The Morgan fingerprint density at radius 3 is 2.53 bits per heavy atom. The van der Waals surface area contributed by atoms with Crippen LogP contribution in [0.3, 0.4) is 0 Å². The largest absolute Gasteiger partial charge is 0.381 e. The lowest BCUT2D eigenvalue weighted by Crippen LogP contribution is -2.39. The van der Waals surface area contributed by atoms with E-state index in [1.165, 1.54) is 32.1 Å². The number of hydrogen-bond donors (Lipinski definition) is 0. The molecule has 3 aliphatic rings. The van der Waals surface area contributed by atoms with Crippen LogP contribution in [0.15, 0.2) is 0 Å². The smallest absolute Gasteiger partial charge is 0.0607 e. The van der Waals surface area contributed by atoms with Crippen LogP contribution in [0.1, 0.15) is 46.0 Å². The van der Waals surface area contributed by atoms with Crippen LogP contribution in [0.4, 0.5) is 0 Å². The molecule has 1 saturated heterocycles. The number of hydrogen-bond acceptors (Lipinski definition) is 2. The van der Waals surface area contributed by atoms with Gasteiger partial charge < -0.3 is 4.74 Å². The minimum atomic E-state index is 0.529. The fourth-order valence-corrected chi connectivity index (χ4v) is 6.95. The molecule has 0 aromatic carbocycles. The maximum absolute atomic E-state index is 5.67. The lowest BCUT2D eigenvalue weighted by atomic mass is 9.68. The average molecular weight is 254 g/mol. The monoisotopic (exact) mass is 254 g/mol. The fourth-order valence-electron chi connectivity index (χ4n) is 4.60. The first kappa shape index (κ1) is 12.3. The van der Waals surface area contributed by atoms with Crippen molar-refractivity contribution in [1.82, 2.24) is 0 Å². The molecule has 98 valence electrons. The summed E-state index contributed by atoms with van der Waals surface area (Å²) >= 11 is 2.33. The van der Waals surface area contributed by atoms with Gasteiger partial charge in [0.2, 0.25) is 0 Å². The molecule has 0 aromatic rings. The first-order chi connectivity index (χ1) is 8.20. The third-order valence-electron chi connectivity index (χ3n) is 5.60. The Balaban J connectivity index is 1.74. The van der Waals surface area contributed by atoms with E-state index in [1.807, 2.05) is 7.11 Å². The molecule has 17 heavy (non-hydrogen) atoms.